The van der Waals surface area contributed by atoms with Crippen molar-refractivity contribution in [1.29, 1.82) is 0 Å². The summed E-state index contributed by atoms with van der Waals surface area (Å²) in [6.07, 6.45) is -0.0101. The minimum absolute atomic E-state index is 0.0101. The summed E-state index contributed by atoms with van der Waals surface area (Å²) in [5.41, 5.74) is 9.97. The lowest BCUT2D eigenvalue weighted by Gasteiger charge is -2.11. The number of amides is 1. The number of nitrogens with one attached hydrogen (secondary N) is 1. The molecule has 0 saturated carbocycles. The van der Waals surface area contributed by atoms with Crippen LogP contribution in [0.4, 0.5) is 0 Å². The summed E-state index contributed by atoms with van der Waals surface area (Å²) in [7, 11) is -3.36. The van der Waals surface area contributed by atoms with Crippen molar-refractivity contribution in [1.82, 2.24) is 4.72 Å². The fourth-order valence-electron chi connectivity index (χ4n) is 0.864. The fourth-order valence-corrected chi connectivity index (χ4v) is 1.99. The summed E-state index contributed by atoms with van der Waals surface area (Å²) in [5, 5.41) is 0. The number of hydrogen-bond acceptors (Lipinski definition) is 4. The molecule has 1 atom stereocenters. The number of primary amides is 1. The normalized spacial score (nSPS) is 14.0. The molecule has 0 aromatic rings. The summed E-state index contributed by atoms with van der Waals surface area (Å²) in [5.74, 6) is -0.682. The quantitative estimate of drug-likeness (QED) is 0.475. The Hall–Kier alpha value is -0.660. The minimum Gasteiger partial charge on any atom is -0.370 e. The molecule has 0 aliphatic rings. The standard InChI is InChI=1S/C6H15N3O3S/c1-5(4-6(8)10)9-13(11,12)3-2-7/h5,9H,2-4,7H2,1H3,(H2,8,10). The fraction of sp³-hybridized carbons (Fsp3) is 0.833. The van der Waals surface area contributed by atoms with Crippen molar-refractivity contribution >= 4 is 15.9 Å². The van der Waals surface area contributed by atoms with Crippen molar-refractivity contribution in [3.63, 3.8) is 0 Å². The second kappa shape index (κ2) is 5.15. The van der Waals surface area contributed by atoms with Gasteiger partial charge in [-0.2, -0.15) is 0 Å². The third-order valence-corrected chi connectivity index (χ3v) is 2.81. The third-order valence-electron chi connectivity index (χ3n) is 1.27. The van der Waals surface area contributed by atoms with Gasteiger partial charge in [-0.05, 0) is 6.92 Å². The van der Waals surface area contributed by atoms with E-state index in [0.29, 0.717) is 0 Å². The zero-order valence-corrected chi connectivity index (χ0v) is 8.30. The van der Waals surface area contributed by atoms with Crippen LogP contribution in [-0.2, 0) is 14.8 Å². The average Bonchev–Trinajstić information content (AvgIpc) is 1.81. The Morgan fingerprint density at radius 2 is 2.08 bits per heavy atom. The number of hydrogen-bond donors (Lipinski definition) is 3. The zero-order valence-electron chi connectivity index (χ0n) is 7.49. The molecule has 0 rings (SSSR count). The highest BCUT2D eigenvalue weighted by Gasteiger charge is 2.14. The van der Waals surface area contributed by atoms with Crippen molar-refractivity contribution in [2.24, 2.45) is 11.5 Å². The Kier molecular flexibility index (Phi) is 4.89. The van der Waals surface area contributed by atoms with Crippen LogP contribution in [0.15, 0.2) is 0 Å². The van der Waals surface area contributed by atoms with Gasteiger partial charge >= 0.3 is 0 Å². The molecular weight excluding hydrogens is 194 g/mol. The van der Waals surface area contributed by atoms with Gasteiger partial charge in [0.25, 0.3) is 0 Å². The maximum absolute atomic E-state index is 11.1. The van der Waals surface area contributed by atoms with Gasteiger partial charge in [-0.25, -0.2) is 13.1 Å². The van der Waals surface area contributed by atoms with E-state index in [-0.39, 0.29) is 18.7 Å². The monoisotopic (exact) mass is 209 g/mol. The largest absolute Gasteiger partial charge is 0.370 e. The number of carbonyl (C=O) groups is 1. The first-order valence-electron chi connectivity index (χ1n) is 3.86. The molecule has 0 spiro atoms. The lowest BCUT2D eigenvalue weighted by Crippen LogP contribution is -2.38. The van der Waals surface area contributed by atoms with Crippen molar-refractivity contribution in [3.8, 4) is 0 Å². The van der Waals surface area contributed by atoms with Crippen LogP contribution in [0.1, 0.15) is 13.3 Å². The highest BCUT2D eigenvalue weighted by Crippen LogP contribution is 1.93. The van der Waals surface area contributed by atoms with E-state index in [1.807, 2.05) is 0 Å². The van der Waals surface area contributed by atoms with Crippen molar-refractivity contribution in [3.05, 3.63) is 0 Å². The summed E-state index contributed by atoms with van der Waals surface area (Å²) in [6, 6.07) is -0.478. The molecule has 7 heteroatoms. The molecule has 0 aliphatic carbocycles. The van der Waals surface area contributed by atoms with Gasteiger partial charge in [-0.1, -0.05) is 0 Å². The first-order chi connectivity index (χ1) is 5.87. The number of sulfonamides is 1. The summed E-state index contributed by atoms with van der Waals surface area (Å²) < 4.78 is 24.4. The molecule has 1 amide bonds. The van der Waals surface area contributed by atoms with Gasteiger partial charge in [0.15, 0.2) is 0 Å². The zero-order chi connectivity index (χ0) is 10.5. The molecule has 13 heavy (non-hydrogen) atoms. The summed E-state index contributed by atoms with van der Waals surface area (Å²) >= 11 is 0. The molecule has 78 valence electrons. The molecule has 0 heterocycles. The van der Waals surface area contributed by atoms with Crippen LogP contribution < -0.4 is 16.2 Å². The van der Waals surface area contributed by atoms with Crippen LogP contribution in [-0.4, -0.2) is 32.7 Å². The number of carbonyl (C=O) groups excluding carboxylic acids is 1. The number of nitrogens with two attached hydrogens (primary N) is 2. The molecular formula is C6H15N3O3S. The van der Waals surface area contributed by atoms with Crippen LogP contribution >= 0.6 is 0 Å². The van der Waals surface area contributed by atoms with Gasteiger partial charge in [0.2, 0.25) is 15.9 Å². The molecule has 0 aromatic carbocycles. The predicted octanol–water partition coefficient (Wildman–Crippen LogP) is -1.87. The minimum atomic E-state index is -3.36. The van der Waals surface area contributed by atoms with Gasteiger partial charge < -0.3 is 11.5 Å². The van der Waals surface area contributed by atoms with Crippen LogP contribution in [0.25, 0.3) is 0 Å². The van der Waals surface area contributed by atoms with E-state index in [1.165, 1.54) is 0 Å². The lowest BCUT2D eigenvalue weighted by atomic mass is 10.2. The van der Waals surface area contributed by atoms with Gasteiger partial charge in [-0.3, -0.25) is 4.79 Å². The Morgan fingerprint density at radius 3 is 2.46 bits per heavy atom. The van der Waals surface area contributed by atoms with Crippen LogP contribution in [0.5, 0.6) is 0 Å². The molecule has 0 saturated heterocycles. The van der Waals surface area contributed by atoms with Crippen molar-refractivity contribution < 1.29 is 13.2 Å². The first-order valence-corrected chi connectivity index (χ1v) is 5.51. The van der Waals surface area contributed by atoms with E-state index in [4.69, 9.17) is 11.5 Å². The summed E-state index contributed by atoms with van der Waals surface area (Å²) in [4.78, 5) is 10.4. The van der Waals surface area contributed by atoms with Gasteiger partial charge in [0, 0.05) is 19.0 Å². The smallest absolute Gasteiger partial charge is 0.219 e. The van der Waals surface area contributed by atoms with Crippen molar-refractivity contribution in [2.45, 2.75) is 19.4 Å². The molecule has 0 fully saturated rings. The Balaban J connectivity index is 4.04. The Morgan fingerprint density at radius 1 is 1.54 bits per heavy atom. The second-order valence-corrected chi connectivity index (χ2v) is 4.67. The van der Waals surface area contributed by atoms with Crippen molar-refractivity contribution in [2.75, 3.05) is 12.3 Å². The van der Waals surface area contributed by atoms with Crippen LogP contribution in [0, 0.1) is 0 Å². The molecule has 6 nitrogen and oxygen atoms in total. The van der Waals surface area contributed by atoms with Gasteiger partial charge in [-0.15, -0.1) is 0 Å². The topological polar surface area (TPSA) is 115 Å². The first kappa shape index (κ1) is 12.3. The maximum Gasteiger partial charge on any atom is 0.219 e. The van der Waals surface area contributed by atoms with E-state index in [1.54, 1.807) is 6.92 Å². The highest BCUT2D eigenvalue weighted by atomic mass is 32.2. The van der Waals surface area contributed by atoms with Crippen LogP contribution in [0.3, 0.4) is 0 Å². The molecule has 0 aliphatic heterocycles. The van der Waals surface area contributed by atoms with Gasteiger partial charge in [0.05, 0.1) is 5.75 Å². The molecule has 0 bridgehead atoms. The van der Waals surface area contributed by atoms with Gasteiger partial charge in [0.1, 0.15) is 0 Å². The lowest BCUT2D eigenvalue weighted by molar-refractivity contribution is -0.118. The maximum atomic E-state index is 11.1. The summed E-state index contributed by atoms with van der Waals surface area (Å²) in [6.45, 7) is 1.62. The Bertz CT molecular complexity index is 262. The molecule has 5 N–H and O–H groups in total. The molecule has 0 aromatic heterocycles. The highest BCUT2D eigenvalue weighted by molar-refractivity contribution is 7.89. The second-order valence-electron chi connectivity index (χ2n) is 2.80. The van der Waals surface area contributed by atoms with E-state index in [2.05, 4.69) is 4.72 Å². The average molecular weight is 209 g/mol. The van der Waals surface area contributed by atoms with Crippen LogP contribution in [0.2, 0.25) is 0 Å². The predicted molar refractivity (Wildman–Crippen MR) is 49.3 cm³/mol. The molecule has 0 radical (unpaired) electrons. The van der Waals surface area contributed by atoms with E-state index < -0.39 is 22.0 Å². The molecule has 1 unspecified atom stereocenters. The SMILES string of the molecule is CC(CC(N)=O)NS(=O)(=O)CCN. The number of rotatable bonds is 6. The third kappa shape index (κ3) is 6.50. The van der Waals surface area contributed by atoms with E-state index in [0.717, 1.165) is 0 Å². The Labute approximate surface area is 77.7 Å². The van der Waals surface area contributed by atoms with E-state index >= 15 is 0 Å². The van der Waals surface area contributed by atoms with E-state index in [9.17, 15) is 13.2 Å².